The minimum Gasteiger partial charge on any atom is -0.337 e. The van der Waals surface area contributed by atoms with Crippen molar-refractivity contribution in [2.45, 2.75) is 13.5 Å². The summed E-state index contributed by atoms with van der Waals surface area (Å²) in [6, 6.07) is 9.78. The Bertz CT molecular complexity index is 643. The zero-order valence-electron chi connectivity index (χ0n) is 11.2. The van der Waals surface area contributed by atoms with Crippen LogP contribution in [0.1, 0.15) is 20.9 Å². The van der Waals surface area contributed by atoms with E-state index in [1.165, 1.54) is 4.57 Å². The average Bonchev–Trinajstić information content (AvgIpc) is 2.67. The van der Waals surface area contributed by atoms with Crippen molar-refractivity contribution in [2.24, 2.45) is 7.05 Å². The molecular weight excluding hydrogens is 260 g/mol. The van der Waals surface area contributed by atoms with E-state index in [0.29, 0.717) is 11.4 Å². The Morgan fingerprint density at radius 3 is 2.47 bits per heavy atom. The minimum absolute atomic E-state index is 0.103. The number of thiazole rings is 1. The highest BCUT2D eigenvalue weighted by Gasteiger charge is 2.19. The number of benzene rings is 1. The van der Waals surface area contributed by atoms with Gasteiger partial charge in [-0.25, -0.2) is 0 Å². The molecule has 2 rings (SSSR count). The van der Waals surface area contributed by atoms with E-state index in [9.17, 15) is 9.59 Å². The van der Waals surface area contributed by atoms with Crippen molar-refractivity contribution in [2.75, 3.05) is 7.05 Å². The molecule has 100 valence electrons. The van der Waals surface area contributed by atoms with Crippen LogP contribution in [0.3, 0.4) is 0 Å². The van der Waals surface area contributed by atoms with Gasteiger partial charge < -0.3 is 9.47 Å². The third-order valence-corrected chi connectivity index (χ3v) is 4.22. The molecule has 0 atom stereocenters. The lowest BCUT2D eigenvalue weighted by atomic mass is 10.2. The molecule has 0 bridgehead atoms. The number of hydrogen-bond acceptors (Lipinski definition) is 3. The molecule has 0 saturated carbocycles. The Morgan fingerprint density at radius 1 is 1.32 bits per heavy atom. The topological polar surface area (TPSA) is 42.3 Å². The zero-order chi connectivity index (χ0) is 14.0. The monoisotopic (exact) mass is 276 g/mol. The number of amides is 1. The van der Waals surface area contributed by atoms with Gasteiger partial charge in [-0.1, -0.05) is 41.7 Å². The molecule has 5 heteroatoms. The van der Waals surface area contributed by atoms with Crippen molar-refractivity contribution in [3.63, 3.8) is 0 Å². The molecule has 1 aromatic carbocycles. The Kier molecular flexibility index (Phi) is 3.85. The molecule has 0 radical (unpaired) electrons. The quantitative estimate of drug-likeness (QED) is 0.861. The molecule has 0 saturated heterocycles. The minimum atomic E-state index is -0.107. The summed E-state index contributed by atoms with van der Waals surface area (Å²) < 4.78 is 1.51. The van der Waals surface area contributed by atoms with Crippen molar-refractivity contribution in [1.29, 1.82) is 0 Å². The Hall–Kier alpha value is -1.88. The molecule has 1 amide bonds. The van der Waals surface area contributed by atoms with E-state index in [4.69, 9.17) is 0 Å². The van der Waals surface area contributed by atoms with E-state index in [0.717, 1.165) is 22.6 Å². The van der Waals surface area contributed by atoms with Crippen LogP contribution in [-0.2, 0) is 13.6 Å². The highest BCUT2D eigenvalue weighted by molar-refractivity contribution is 7.11. The van der Waals surface area contributed by atoms with Crippen LogP contribution in [0, 0.1) is 6.92 Å². The largest absolute Gasteiger partial charge is 0.337 e. The maximum absolute atomic E-state index is 12.3. The van der Waals surface area contributed by atoms with E-state index in [-0.39, 0.29) is 10.8 Å². The predicted octanol–water partition coefficient (Wildman–Crippen LogP) is 2.03. The Morgan fingerprint density at radius 2 is 1.95 bits per heavy atom. The van der Waals surface area contributed by atoms with Gasteiger partial charge in [0.1, 0.15) is 4.88 Å². The first kappa shape index (κ1) is 13.5. The first-order valence-corrected chi connectivity index (χ1v) is 6.78. The fourth-order valence-corrected chi connectivity index (χ4v) is 2.80. The lowest BCUT2D eigenvalue weighted by Gasteiger charge is -2.16. The maximum atomic E-state index is 12.3. The van der Waals surface area contributed by atoms with Gasteiger partial charge in [0.05, 0.1) is 0 Å². The smallest absolute Gasteiger partial charge is 0.307 e. The highest BCUT2D eigenvalue weighted by atomic mass is 32.1. The molecule has 0 aliphatic carbocycles. The summed E-state index contributed by atoms with van der Waals surface area (Å²) in [6.07, 6.45) is 0. The fourth-order valence-electron chi connectivity index (χ4n) is 1.82. The molecular formula is C14H16N2O2S. The third-order valence-electron chi connectivity index (χ3n) is 3.10. The van der Waals surface area contributed by atoms with E-state index in [1.54, 1.807) is 25.9 Å². The van der Waals surface area contributed by atoms with Gasteiger partial charge in [-0.3, -0.25) is 9.59 Å². The van der Waals surface area contributed by atoms with Crippen molar-refractivity contribution in [3.05, 3.63) is 56.1 Å². The van der Waals surface area contributed by atoms with E-state index in [1.807, 2.05) is 30.3 Å². The third kappa shape index (κ3) is 2.76. The highest BCUT2D eigenvalue weighted by Crippen LogP contribution is 2.14. The van der Waals surface area contributed by atoms with Crippen LogP contribution >= 0.6 is 11.3 Å². The number of carbonyl (C=O) groups is 1. The van der Waals surface area contributed by atoms with Crippen LogP contribution in [-0.4, -0.2) is 22.4 Å². The molecule has 0 spiro atoms. The molecule has 1 heterocycles. The molecule has 0 fully saturated rings. The molecule has 1 aromatic heterocycles. The van der Waals surface area contributed by atoms with Crippen molar-refractivity contribution in [1.82, 2.24) is 9.47 Å². The summed E-state index contributed by atoms with van der Waals surface area (Å²) >= 11 is 1.00. The van der Waals surface area contributed by atoms with Crippen LogP contribution in [0.5, 0.6) is 0 Å². The number of rotatable bonds is 3. The van der Waals surface area contributed by atoms with Gasteiger partial charge in [0.15, 0.2) is 0 Å². The molecule has 0 unspecified atom stereocenters. The summed E-state index contributed by atoms with van der Waals surface area (Å²) in [5, 5.41) is 0. The summed E-state index contributed by atoms with van der Waals surface area (Å²) in [5.41, 5.74) is 1.79. The molecule has 0 aliphatic heterocycles. The molecule has 0 aliphatic rings. The van der Waals surface area contributed by atoms with Gasteiger partial charge in [-0.2, -0.15) is 0 Å². The Balaban J connectivity index is 2.20. The van der Waals surface area contributed by atoms with Crippen LogP contribution in [0.4, 0.5) is 0 Å². The molecule has 4 nitrogen and oxygen atoms in total. The van der Waals surface area contributed by atoms with E-state index in [2.05, 4.69) is 0 Å². The number of carbonyl (C=O) groups excluding carboxylic acids is 1. The Labute approximate surface area is 115 Å². The van der Waals surface area contributed by atoms with Gasteiger partial charge in [0, 0.05) is 26.3 Å². The SMILES string of the molecule is Cc1c(C(=O)N(C)Cc2ccccc2)sc(=O)n1C. The summed E-state index contributed by atoms with van der Waals surface area (Å²) in [4.78, 5) is 25.9. The predicted molar refractivity (Wildman–Crippen MR) is 76.5 cm³/mol. The van der Waals surface area contributed by atoms with Crippen molar-refractivity contribution < 1.29 is 4.79 Å². The summed E-state index contributed by atoms with van der Waals surface area (Å²) in [5.74, 6) is -0.107. The van der Waals surface area contributed by atoms with E-state index < -0.39 is 0 Å². The fraction of sp³-hybridized carbons (Fsp3) is 0.286. The van der Waals surface area contributed by atoms with Gasteiger partial charge in [0.2, 0.25) is 0 Å². The number of hydrogen-bond donors (Lipinski definition) is 0. The zero-order valence-corrected chi connectivity index (χ0v) is 12.0. The second-order valence-corrected chi connectivity index (χ2v) is 5.45. The first-order chi connectivity index (χ1) is 9.00. The van der Waals surface area contributed by atoms with Crippen LogP contribution in [0.15, 0.2) is 35.1 Å². The van der Waals surface area contributed by atoms with Gasteiger partial charge >= 0.3 is 4.87 Å². The second-order valence-electron chi connectivity index (χ2n) is 4.49. The number of nitrogens with zero attached hydrogens (tertiary/aromatic N) is 2. The summed E-state index contributed by atoms with van der Waals surface area (Å²) in [6.45, 7) is 2.33. The van der Waals surface area contributed by atoms with Gasteiger partial charge in [-0.15, -0.1) is 0 Å². The van der Waals surface area contributed by atoms with Gasteiger partial charge in [0.25, 0.3) is 5.91 Å². The second kappa shape index (κ2) is 5.40. The average molecular weight is 276 g/mol. The van der Waals surface area contributed by atoms with Crippen molar-refractivity contribution >= 4 is 17.2 Å². The number of aromatic nitrogens is 1. The lowest BCUT2D eigenvalue weighted by Crippen LogP contribution is -2.26. The summed E-state index contributed by atoms with van der Waals surface area (Å²) in [7, 11) is 3.43. The van der Waals surface area contributed by atoms with Gasteiger partial charge in [-0.05, 0) is 12.5 Å². The normalized spacial score (nSPS) is 10.5. The lowest BCUT2D eigenvalue weighted by molar-refractivity contribution is 0.0788. The van der Waals surface area contributed by atoms with Crippen LogP contribution < -0.4 is 4.87 Å². The van der Waals surface area contributed by atoms with Crippen molar-refractivity contribution in [3.8, 4) is 0 Å². The maximum Gasteiger partial charge on any atom is 0.307 e. The van der Waals surface area contributed by atoms with Crippen LogP contribution in [0.2, 0.25) is 0 Å². The standard InChI is InChI=1S/C14H16N2O2S/c1-10-12(19-14(18)16(10)3)13(17)15(2)9-11-7-5-4-6-8-11/h4-8H,9H2,1-3H3. The van der Waals surface area contributed by atoms with Crippen LogP contribution in [0.25, 0.3) is 0 Å². The molecule has 2 aromatic rings. The first-order valence-electron chi connectivity index (χ1n) is 5.96. The van der Waals surface area contributed by atoms with E-state index >= 15 is 0 Å². The molecule has 0 N–H and O–H groups in total. The molecule has 19 heavy (non-hydrogen) atoms.